The van der Waals surface area contributed by atoms with Crippen molar-refractivity contribution < 1.29 is 4.74 Å². The van der Waals surface area contributed by atoms with E-state index in [9.17, 15) is 0 Å². The second-order valence-corrected chi connectivity index (χ2v) is 4.85. The molecule has 16 heavy (non-hydrogen) atoms. The molecule has 0 aromatic carbocycles. The first-order valence-corrected chi connectivity index (χ1v) is 6.25. The van der Waals surface area contributed by atoms with Crippen LogP contribution in [0, 0.1) is 0 Å². The van der Waals surface area contributed by atoms with Gasteiger partial charge in [-0.25, -0.2) is 4.98 Å². The highest BCUT2D eigenvalue weighted by molar-refractivity contribution is 5.13. The lowest BCUT2D eigenvalue weighted by molar-refractivity contribution is 0.0762. The molecule has 0 aliphatic carbocycles. The average Bonchev–Trinajstić information content (AvgIpc) is 2.75. The highest BCUT2D eigenvalue weighted by Gasteiger charge is 2.26. The van der Waals surface area contributed by atoms with Crippen molar-refractivity contribution in [2.45, 2.75) is 44.2 Å². The number of aryl methyl sites for hydroxylation is 1. The van der Waals surface area contributed by atoms with Crippen LogP contribution in [0.3, 0.4) is 0 Å². The predicted octanol–water partition coefficient (Wildman–Crippen LogP) is 1.57. The molecule has 0 spiro atoms. The summed E-state index contributed by atoms with van der Waals surface area (Å²) < 4.78 is 7.79. The molecule has 2 aliphatic rings. The van der Waals surface area contributed by atoms with Gasteiger partial charge in [-0.3, -0.25) is 0 Å². The Kier molecular flexibility index (Phi) is 2.69. The van der Waals surface area contributed by atoms with Gasteiger partial charge in [0.05, 0.1) is 12.8 Å². The standard InChI is InChI=1S/C12H19N3O/c13-11-5-1-4-10-7-14-12(15(10)11)9-3-2-6-16-8-9/h7,9,11H,1-6,8,13H2. The van der Waals surface area contributed by atoms with Gasteiger partial charge in [-0.1, -0.05) is 0 Å². The van der Waals surface area contributed by atoms with Crippen molar-refractivity contribution in [2.24, 2.45) is 5.73 Å². The van der Waals surface area contributed by atoms with Crippen molar-refractivity contribution in [2.75, 3.05) is 13.2 Å². The Hall–Kier alpha value is -0.870. The van der Waals surface area contributed by atoms with Crippen LogP contribution in [0.5, 0.6) is 0 Å². The first-order chi connectivity index (χ1) is 7.86. The zero-order valence-corrected chi connectivity index (χ0v) is 9.56. The molecule has 0 bridgehead atoms. The van der Waals surface area contributed by atoms with E-state index in [2.05, 4.69) is 9.55 Å². The SMILES string of the molecule is NC1CCCc2cnc(C3CCCOC3)n21. The van der Waals surface area contributed by atoms with Gasteiger partial charge in [0.25, 0.3) is 0 Å². The van der Waals surface area contributed by atoms with Crippen LogP contribution in [0.4, 0.5) is 0 Å². The van der Waals surface area contributed by atoms with Crippen molar-refractivity contribution in [1.82, 2.24) is 9.55 Å². The maximum absolute atomic E-state index is 6.18. The first-order valence-electron chi connectivity index (χ1n) is 6.25. The highest BCUT2D eigenvalue weighted by atomic mass is 16.5. The van der Waals surface area contributed by atoms with Gasteiger partial charge in [-0.2, -0.15) is 0 Å². The quantitative estimate of drug-likeness (QED) is 0.783. The summed E-state index contributed by atoms with van der Waals surface area (Å²) >= 11 is 0. The van der Waals surface area contributed by atoms with E-state index >= 15 is 0 Å². The third-order valence-corrected chi connectivity index (χ3v) is 3.69. The molecule has 4 heteroatoms. The van der Waals surface area contributed by atoms with Crippen LogP contribution in [0.25, 0.3) is 0 Å². The van der Waals surface area contributed by atoms with Crippen molar-refractivity contribution in [3.63, 3.8) is 0 Å². The Bertz CT molecular complexity index is 368. The molecule has 1 aromatic heterocycles. The summed E-state index contributed by atoms with van der Waals surface area (Å²) in [5.41, 5.74) is 7.49. The predicted molar refractivity (Wildman–Crippen MR) is 61.2 cm³/mol. The van der Waals surface area contributed by atoms with Gasteiger partial charge < -0.3 is 15.0 Å². The van der Waals surface area contributed by atoms with Crippen LogP contribution >= 0.6 is 0 Å². The third-order valence-electron chi connectivity index (χ3n) is 3.69. The van der Waals surface area contributed by atoms with Crippen LogP contribution in [0.15, 0.2) is 6.20 Å². The Morgan fingerprint density at radius 2 is 2.31 bits per heavy atom. The second-order valence-electron chi connectivity index (χ2n) is 4.85. The van der Waals surface area contributed by atoms with Gasteiger partial charge in [0.15, 0.2) is 0 Å². The molecule has 1 saturated heterocycles. The Morgan fingerprint density at radius 1 is 1.38 bits per heavy atom. The summed E-state index contributed by atoms with van der Waals surface area (Å²) in [6, 6.07) is 0. The number of ether oxygens (including phenoxy) is 1. The second kappa shape index (κ2) is 4.18. The van der Waals surface area contributed by atoms with Crippen molar-refractivity contribution in [3.8, 4) is 0 Å². The van der Waals surface area contributed by atoms with E-state index < -0.39 is 0 Å². The lowest BCUT2D eigenvalue weighted by Crippen LogP contribution is -2.29. The topological polar surface area (TPSA) is 53.1 Å². The Morgan fingerprint density at radius 3 is 3.12 bits per heavy atom. The van der Waals surface area contributed by atoms with Crippen LogP contribution in [-0.4, -0.2) is 22.8 Å². The Balaban J connectivity index is 1.91. The molecule has 4 nitrogen and oxygen atoms in total. The number of rotatable bonds is 1. The average molecular weight is 221 g/mol. The summed E-state index contributed by atoms with van der Waals surface area (Å²) in [7, 11) is 0. The third kappa shape index (κ3) is 1.66. The molecule has 0 saturated carbocycles. The molecule has 3 heterocycles. The summed E-state index contributed by atoms with van der Waals surface area (Å²) in [6.45, 7) is 1.71. The van der Waals surface area contributed by atoms with Gasteiger partial charge in [0, 0.05) is 24.4 Å². The molecule has 0 radical (unpaired) electrons. The summed E-state index contributed by atoms with van der Waals surface area (Å²) in [5, 5.41) is 0. The summed E-state index contributed by atoms with van der Waals surface area (Å²) in [6.07, 6.45) is 7.84. The van der Waals surface area contributed by atoms with E-state index in [1.807, 2.05) is 6.20 Å². The molecule has 1 aromatic rings. The van der Waals surface area contributed by atoms with Crippen molar-refractivity contribution >= 4 is 0 Å². The first kappa shape index (κ1) is 10.3. The highest BCUT2D eigenvalue weighted by Crippen LogP contribution is 2.30. The number of hydrogen-bond donors (Lipinski definition) is 1. The minimum Gasteiger partial charge on any atom is -0.381 e. The van der Waals surface area contributed by atoms with Crippen LogP contribution in [-0.2, 0) is 11.2 Å². The molecular weight excluding hydrogens is 202 g/mol. The number of fused-ring (bicyclic) bond motifs is 1. The minimum absolute atomic E-state index is 0.128. The fourth-order valence-electron chi connectivity index (χ4n) is 2.85. The monoisotopic (exact) mass is 221 g/mol. The van der Waals surface area contributed by atoms with E-state index in [0.29, 0.717) is 5.92 Å². The number of imidazole rings is 1. The van der Waals surface area contributed by atoms with Gasteiger partial charge in [-0.15, -0.1) is 0 Å². The zero-order valence-electron chi connectivity index (χ0n) is 9.56. The van der Waals surface area contributed by atoms with E-state index in [1.165, 1.54) is 18.5 Å². The smallest absolute Gasteiger partial charge is 0.115 e. The zero-order chi connectivity index (χ0) is 11.0. The number of aromatic nitrogens is 2. The molecule has 2 aliphatic heterocycles. The molecule has 0 amide bonds. The van der Waals surface area contributed by atoms with Gasteiger partial charge in [-0.05, 0) is 32.1 Å². The maximum atomic E-state index is 6.18. The number of hydrogen-bond acceptors (Lipinski definition) is 3. The molecular formula is C12H19N3O. The minimum atomic E-state index is 0.128. The summed E-state index contributed by atoms with van der Waals surface area (Å²) in [5.74, 6) is 1.61. The largest absolute Gasteiger partial charge is 0.381 e. The lowest BCUT2D eigenvalue weighted by Gasteiger charge is -2.28. The van der Waals surface area contributed by atoms with Gasteiger partial charge >= 0.3 is 0 Å². The Labute approximate surface area is 95.8 Å². The fourth-order valence-corrected chi connectivity index (χ4v) is 2.85. The van der Waals surface area contributed by atoms with E-state index in [4.69, 9.17) is 10.5 Å². The van der Waals surface area contributed by atoms with Gasteiger partial charge in [0.2, 0.25) is 0 Å². The van der Waals surface area contributed by atoms with E-state index in [1.54, 1.807) is 0 Å². The number of nitrogens with two attached hydrogens (primary N) is 1. The van der Waals surface area contributed by atoms with E-state index in [0.717, 1.165) is 38.3 Å². The fraction of sp³-hybridized carbons (Fsp3) is 0.750. The van der Waals surface area contributed by atoms with Gasteiger partial charge in [0.1, 0.15) is 5.82 Å². The van der Waals surface area contributed by atoms with Crippen molar-refractivity contribution in [1.29, 1.82) is 0 Å². The van der Waals surface area contributed by atoms with Crippen molar-refractivity contribution in [3.05, 3.63) is 17.7 Å². The molecule has 3 rings (SSSR count). The molecule has 2 N–H and O–H groups in total. The van der Waals surface area contributed by atoms with Crippen LogP contribution in [0.1, 0.15) is 49.3 Å². The lowest BCUT2D eigenvalue weighted by atomic mass is 10.0. The normalized spacial score (nSPS) is 30.1. The number of nitrogens with zero attached hydrogens (tertiary/aromatic N) is 2. The maximum Gasteiger partial charge on any atom is 0.115 e. The van der Waals surface area contributed by atoms with E-state index in [-0.39, 0.29) is 6.17 Å². The molecule has 1 fully saturated rings. The summed E-state index contributed by atoms with van der Waals surface area (Å²) in [4.78, 5) is 4.57. The molecule has 2 unspecified atom stereocenters. The molecule has 88 valence electrons. The van der Waals surface area contributed by atoms with Crippen LogP contribution < -0.4 is 5.73 Å². The molecule has 2 atom stereocenters. The van der Waals surface area contributed by atoms with Crippen LogP contribution in [0.2, 0.25) is 0 Å².